The molecule has 0 bridgehead atoms. The zero-order chi connectivity index (χ0) is 12.8. The molecule has 2 aromatic rings. The predicted molar refractivity (Wildman–Crippen MR) is 88.2 cm³/mol. The highest BCUT2D eigenvalue weighted by Gasteiger charge is 2.11. The molecule has 0 spiro atoms. The highest BCUT2D eigenvalue weighted by atomic mass is 127. The van der Waals surface area contributed by atoms with Crippen molar-refractivity contribution in [2.75, 3.05) is 6.54 Å². The highest BCUT2D eigenvalue weighted by Crippen LogP contribution is 2.21. The number of halogens is 1. The molecular weight excluding hydrogens is 353 g/mol. The molecule has 1 N–H and O–H groups in total. The third kappa shape index (κ3) is 4.07. The monoisotopic (exact) mass is 371 g/mol. The smallest absolute Gasteiger partial charge is 0.0361 e. The summed E-state index contributed by atoms with van der Waals surface area (Å²) in [6.07, 6.45) is 2.24. The summed E-state index contributed by atoms with van der Waals surface area (Å²) in [7, 11) is 0. The lowest BCUT2D eigenvalue weighted by Gasteiger charge is -2.18. The molecule has 0 amide bonds. The minimum absolute atomic E-state index is 0.427. The fourth-order valence-corrected chi connectivity index (χ4v) is 3.01. The summed E-state index contributed by atoms with van der Waals surface area (Å²) in [5, 5.41) is 8.04. The van der Waals surface area contributed by atoms with Gasteiger partial charge in [-0.2, -0.15) is 11.3 Å². The van der Waals surface area contributed by atoms with Crippen molar-refractivity contribution in [3.05, 3.63) is 55.8 Å². The van der Waals surface area contributed by atoms with Crippen molar-refractivity contribution < 1.29 is 0 Å². The van der Waals surface area contributed by atoms with Gasteiger partial charge in [-0.3, -0.25) is 0 Å². The Morgan fingerprint density at radius 1 is 1.22 bits per heavy atom. The normalized spacial score (nSPS) is 12.6. The predicted octanol–water partition coefficient (Wildman–Crippen LogP) is 4.64. The van der Waals surface area contributed by atoms with Crippen molar-refractivity contribution in [3.8, 4) is 0 Å². The summed E-state index contributed by atoms with van der Waals surface area (Å²) in [5.74, 6) is 0. The Balaban J connectivity index is 2.11. The Bertz CT molecular complexity index is 450. The minimum Gasteiger partial charge on any atom is -0.310 e. The Labute approximate surface area is 127 Å². The number of hydrogen-bond acceptors (Lipinski definition) is 2. The van der Waals surface area contributed by atoms with Crippen molar-refractivity contribution in [2.45, 2.75) is 25.8 Å². The van der Waals surface area contributed by atoms with Gasteiger partial charge in [-0.1, -0.05) is 19.1 Å². The molecule has 0 aliphatic rings. The number of benzene rings is 1. The Morgan fingerprint density at radius 2 is 2.00 bits per heavy atom. The molecule has 1 heterocycles. The highest BCUT2D eigenvalue weighted by molar-refractivity contribution is 14.1. The lowest BCUT2D eigenvalue weighted by Crippen LogP contribution is -2.23. The summed E-state index contributed by atoms with van der Waals surface area (Å²) < 4.78 is 1.29. The molecule has 0 fully saturated rings. The van der Waals surface area contributed by atoms with Crippen LogP contribution in [0.4, 0.5) is 0 Å². The van der Waals surface area contributed by atoms with E-state index in [9.17, 15) is 0 Å². The maximum Gasteiger partial charge on any atom is 0.0361 e. The molecular formula is C15H18INS. The van der Waals surface area contributed by atoms with Gasteiger partial charge in [0, 0.05) is 9.61 Å². The van der Waals surface area contributed by atoms with Gasteiger partial charge in [-0.25, -0.2) is 0 Å². The quantitative estimate of drug-likeness (QED) is 0.730. The molecule has 96 valence electrons. The fourth-order valence-electron chi connectivity index (χ4n) is 1.97. The van der Waals surface area contributed by atoms with Gasteiger partial charge in [-0.05, 0) is 82.1 Å². The van der Waals surface area contributed by atoms with Crippen LogP contribution in [-0.2, 0) is 6.42 Å². The average molecular weight is 371 g/mol. The number of hydrogen-bond donors (Lipinski definition) is 1. The van der Waals surface area contributed by atoms with Crippen LogP contribution in [0.2, 0.25) is 0 Å². The Morgan fingerprint density at radius 3 is 2.61 bits per heavy atom. The summed E-state index contributed by atoms with van der Waals surface area (Å²) >= 11 is 4.13. The van der Waals surface area contributed by atoms with E-state index in [4.69, 9.17) is 0 Å². The SMILES string of the molecule is CCCNC(Cc1ccsc1)c1ccc(I)cc1. The minimum atomic E-state index is 0.427. The molecule has 0 aliphatic heterocycles. The fraction of sp³-hybridized carbons (Fsp3) is 0.333. The molecule has 0 radical (unpaired) electrons. The molecule has 1 aromatic heterocycles. The molecule has 0 aliphatic carbocycles. The van der Waals surface area contributed by atoms with Crippen molar-refractivity contribution in [2.24, 2.45) is 0 Å². The second-order valence-electron chi connectivity index (χ2n) is 4.39. The third-order valence-corrected chi connectivity index (χ3v) is 4.38. The molecule has 3 heteroatoms. The van der Waals surface area contributed by atoms with Crippen LogP contribution in [-0.4, -0.2) is 6.54 Å². The van der Waals surface area contributed by atoms with Gasteiger partial charge in [0.1, 0.15) is 0 Å². The van der Waals surface area contributed by atoms with Crippen LogP contribution in [0.5, 0.6) is 0 Å². The van der Waals surface area contributed by atoms with Crippen LogP contribution in [0.15, 0.2) is 41.1 Å². The first kappa shape index (κ1) is 14.0. The van der Waals surface area contributed by atoms with Crippen LogP contribution < -0.4 is 5.32 Å². The maximum atomic E-state index is 3.65. The Hall–Kier alpha value is -0.390. The van der Waals surface area contributed by atoms with Gasteiger partial charge < -0.3 is 5.32 Å². The topological polar surface area (TPSA) is 12.0 Å². The first-order valence-corrected chi connectivity index (χ1v) is 8.31. The van der Waals surface area contributed by atoms with Crippen LogP contribution in [0, 0.1) is 3.57 Å². The van der Waals surface area contributed by atoms with Gasteiger partial charge in [0.25, 0.3) is 0 Å². The van der Waals surface area contributed by atoms with Gasteiger partial charge in [0.05, 0.1) is 0 Å². The lowest BCUT2D eigenvalue weighted by molar-refractivity contribution is 0.530. The standard InChI is InChI=1S/C15H18INS/c1-2-8-17-15(10-12-7-9-18-11-12)13-3-5-14(16)6-4-13/h3-7,9,11,15,17H,2,8,10H2,1H3. The number of thiophene rings is 1. The average Bonchev–Trinajstić information content (AvgIpc) is 2.88. The molecule has 0 saturated carbocycles. The van der Waals surface area contributed by atoms with E-state index in [-0.39, 0.29) is 0 Å². The van der Waals surface area contributed by atoms with Crippen molar-refractivity contribution in [1.29, 1.82) is 0 Å². The van der Waals surface area contributed by atoms with Crippen LogP contribution in [0.25, 0.3) is 0 Å². The first-order valence-electron chi connectivity index (χ1n) is 6.29. The number of nitrogens with one attached hydrogen (secondary N) is 1. The van der Waals surface area contributed by atoms with E-state index in [1.165, 1.54) is 21.1 Å². The summed E-state index contributed by atoms with van der Waals surface area (Å²) in [6, 6.07) is 11.5. The van der Waals surface area contributed by atoms with Gasteiger partial charge in [0.15, 0.2) is 0 Å². The molecule has 1 nitrogen and oxygen atoms in total. The zero-order valence-electron chi connectivity index (χ0n) is 10.5. The Kier molecular flexibility index (Phi) is 5.66. The molecule has 1 aromatic carbocycles. The molecule has 2 rings (SSSR count). The van der Waals surface area contributed by atoms with Crippen LogP contribution in [0.1, 0.15) is 30.5 Å². The van der Waals surface area contributed by atoms with Crippen LogP contribution in [0.3, 0.4) is 0 Å². The molecule has 1 atom stereocenters. The second kappa shape index (κ2) is 7.26. The van der Waals surface area contributed by atoms with E-state index in [0.717, 1.165) is 13.0 Å². The molecule has 1 unspecified atom stereocenters. The first-order chi connectivity index (χ1) is 8.79. The van der Waals surface area contributed by atoms with Crippen molar-refractivity contribution in [1.82, 2.24) is 5.32 Å². The van der Waals surface area contributed by atoms with E-state index in [2.05, 4.69) is 75.9 Å². The summed E-state index contributed by atoms with van der Waals surface area (Å²) in [4.78, 5) is 0. The number of rotatable bonds is 6. The molecule has 18 heavy (non-hydrogen) atoms. The lowest BCUT2D eigenvalue weighted by atomic mass is 10.0. The second-order valence-corrected chi connectivity index (χ2v) is 6.42. The van der Waals surface area contributed by atoms with Crippen LogP contribution >= 0.6 is 33.9 Å². The van der Waals surface area contributed by atoms with E-state index in [1.807, 2.05) is 0 Å². The van der Waals surface area contributed by atoms with E-state index < -0.39 is 0 Å². The van der Waals surface area contributed by atoms with Gasteiger partial charge in [0.2, 0.25) is 0 Å². The maximum absolute atomic E-state index is 3.65. The van der Waals surface area contributed by atoms with Crippen molar-refractivity contribution in [3.63, 3.8) is 0 Å². The third-order valence-electron chi connectivity index (χ3n) is 2.93. The largest absolute Gasteiger partial charge is 0.310 e. The molecule has 0 saturated heterocycles. The zero-order valence-corrected chi connectivity index (χ0v) is 13.5. The van der Waals surface area contributed by atoms with Gasteiger partial charge >= 0.3 is 0 Å². The van der Waals surface area contributed by atoms with Gasteiger partial charge in [-0.15, -0.1) is 0 Å². The van der Waals surface area contributed by atoms with E-state index in [1.54, 1.807) is 11.3 Å². The van der Waals surface area contributed by atoms with Crippen molar-refractivity contribution >= 4 is 33.9 Å². The summed E-state index contributed by atoms with van der Waals surface area (Å²) in [5.41, 5.74) is 2.81. The van der Waals surface area contributed by atoms with E-state index >= 15 is 0 Å². The van der Waals surface area contributed by atoms with E-state index in [0.29, 0.717) is 6.04 Å². The summed E-state index contributed by atoms with van der Waals surface area (Å²) in [6.45, 7) is 3.28.